The van der Waals surface area contributed by atoms with Gasteiger partial charge in [-0.1, -0.05) is 47.5 Å². The summed E-state index contributed by atoms with van der Waals surface area (Å²) in [4.78, 5) is 0. The molecule has 0 amide bonds. The molecule has 9 heteroatoms. The molecule has 33 heavy (non-hydrogen) atoms. The van der Waals surface area contributed by atoms with Crippen LogP contribution in [0.15, 0.2) is 0 Å². The van der Waals surface area contributed by atoms with E-state index in [1.54, 1.807) is 0 Å². The monoisotopic (exact) mass is 504 g/mol. The summed E-state index contributed by atoms with van der Waals surface area (Å²) in [7, 11) is -1.77. The third kappa shape index (κ3) is 5.60. The van der Waals surface area contributed by atoms with E-state index in [9.17, 15) is 31.4 Å². The number of hydrogen-bond donors (Lipinski definition) is 1. The van der Waals surface area contributed by atoms with Crippen molar-refractivity contribution in [1.29, 1.82) is 0 Å². The summed E-state index contributed by atoms with van der Waals surface area (Å²) in [5, 5.41) is 9.45. The molecule has 2 nitrogen and oxygen atoms in total. The van der Waals surface area contributed by atoms with Gasteiger partial charge in [-0.2, -0.15) is 26.3 Å². The fourth-order valence-electron chi connectivity index (χ4n) is 6.88. The van der Waals surface area contributed by atoms with Crippen LogP contribution in [-0.2, 0) is 4.43 Å². The first-order valence-corrected chi connectivity index (χ1v) is 15.2. The molecule has 0 radical (unpaired) electrons. The van der Waals surface area contributed by atoms with Crippen molar-refractivity contribution in [2.75, 3.05) is 0 Å². The van der Waals surface area contributed by atoms with Crippen LogP contribution in [0.2, 0.25) is 18.1 Å². The van der Waals surface area contributed by atoms with Crippen LogP contribution < -0.4 is 0 Å². The van der Waals surface area contributed by atoms with Gasteiger partial charge >= 0.3 is 12.4 Å². The van der Waals surface area contributed by atoms with Crippen molar-refractivity contribution in [2.24, 2.45) is 23.2 Å². The lowest BCUT2D eigenvalue weighted by Gasteiger charge is -2.49. The maximum Gasteiger partial charge on any atom is 0.426 e. The van der Waals surface area contributed by atoms with E-state index >= 15 is 0 Å². The van der Waals surface area contributed by atoms with Gasteiger partial charge in [0.25, 0.3) is 5.60 Å². The number of halogens is 6. The average molecular weight is 505 g/mol. The molecule has 0 aliphatic heterocycles. The van der Waals surface area contributed by atoms with Gasteiger partial charge in [0.05, 0.1) is 0 Å². The molecule has 0 aromatic rings. The molecule has 5 atom stereocenters. The Hall–Kier alpha value is -0.283. The standard InChI is InChI=1S/C24H42F6O2Si/c1-6-33(7-2,8-3)32-20-12-10-15-21(5)18(13-14-19(20)21)17(4)11-9-16-22(31,23(25,26)27)24(28,29)30/h17-20,31H,6-16H2,1-5H3/t17?,18-,19?,20+,21-/m1/s1. The summed E-state index contributed by atoms with van der Waals surface area (Å²) in [6, 6.07) is 3.25. The molecule has 2 rings (SSSR count). The van der Waals surface area contributed by atoms with E-state index in [4.69, 9.17) is 4.43 Å². The zero-order valence-electron chi connectivity index (χ0n) is 20.7. The number of rotatable bonds is 10. The van der Waals surface area contributed by atoms with Gasteiger partial charge in [-0.15, -0.1) is 0 Å². The van der Waals surface area contributed by atoms with Crippen molar-refractivity contribution in [3.63, 3.8) is 0 Å². The van der Waals surface area contributed by atoms with Gasteiger partial charge in [-0.3, -0.25) is 0 Å². The van der Waals surface area contributed by atoms with Gasteiger partial charge in [0.15, 0.2) is 8.32 Å². The smallest absolute Gasteiger partial charge is 0.414 e. The molecule has 2 aliphatic rings. The Kier molecular flexibility index (Phi) is 9.10. The first-order chi connectivity index (χ1) is 15.1. The molecule has 0 saturated heterocycles. The van der Waals surface area contributed by atoms with E-state index in [2.05, 4.69) is 27.7 Å². The lowest BCUT2D eigenvalue weighted by molar-refractivity contribution is -0.370. The third-order valence-corrected chi connectivity index (χ3v) is 14.0. The summed E-state index contributed by atoms with van der Waals surface area (Å²) in [5.41, 5.74) is -4.64. The van der Waals surface area contributed by atoms with Gasteiger partial charge in [0, 0.05) is 6.10 Å². The SMILES string of the molecule is CC[Si](CC)(CC)O[C@H]1CCC[C@@]2(C)C1CC[C@@H]2C(C)CCCC(O)(C(F)(F)F)C(F)(F)F. The Morgan fingerprint density at radius 1 is 0.970 bits per heavy atom. The first kappa shape index (κ1) is 29.0. The van der Waals surface area contributed by atoms with Gasteiger partial charge in [0.1, 0.15) is 0 Å². The molecule has 0 heterocycles. The van der Waals surface area contributed by atoms with Crippen molar-refractivity contribution in [1.82, 2.24) is 0 Å². The molecule has 2 unspecified atom stereocenters. The maximum atomic E-state index is 13.0. The lowest BCUT2D eigenvalue weighted by Crippen LogP contribution is -2.56. The highest BCUT2D eigenvalue weighted by Crippen LogP contribution is 2.59. The van der Waals surface area contributed by atoms with E-state index in [1.165, 1.54) is 0 Å². The number of fused-ring (bicyclic) bond motifs is 1. The predicted molar refractivity (Wildman–Crippen MR) is 120 cm³/mol. The van der Waals surface area contributed by atoms with E-state index in [-0.39, 0.29) is 36.2 Å². The molecule has 0 bridgehead atoms. The van der Waals surface area contributed by atoms with E-state index in [0.29, 0.717) is 5.92 Å². The van der Waals surface area contributed by atoms with Crippen LogP contribution in [0, 0.1) is 23.2 Å². The molecule has 2 aliphatic carbocycles. The summed E-state index contributed by atoms with van der Waals surface area (Å²) in [6.07, 6.45) is -7.62. The molecular weight excluding hydrogens is 462 g/mol. The summed E-state index contributed by atoms with van der Waals surface area (Å²) in [6.45, 7) is 10.8. The van der Waals surface area contributed by atoms with Crippen LogP contribution >= 0.6 is 0 Å². The van der Waals surface area contributed by atoms with Gasteiger partial charge < -0.3 is 9.53 Å². The fraction of sp³-hybridized carbons (Fsp3) is 1.00. The normalized spacial score (nSPS) is 30.4. The summed E-state index contributed by atoms with van der Waals surface area (Å²) >= 11 is 0. The Balaban J connectivity index is 2.07. The third-order valence-electron chi connectivity index (χ3n) is 9.29. The topological polar surface area (TPSA) is 29.5 Å². The zero-order valence-corrected chi connectivity index (χ0v) is 21.7. The van der Waals surface area contributed by atoms with Gasteiger partial charge in [0.2, 0.25) is 0 Å². The van der Waals surface area contributed by atoms with E-state index < -0.39 is 32.7 Å². The maximum absolute atomic E-state index is 13.0. The van der Waals surface area contributed by atoms with E-state index in [1.807, 2.05) is 6.92 Å². The van der Waals surface area contributed by atoms with E-state index in [0.717, 1.165) is 50.2 Å². The minimum Gasteiger partial charge on any atom is -0.414 e. The molecule has 196 valence electrons. The van der Waals surface area contributed by atoms with Gasteiger partial charge in [-0.25, -0.2) is 0 Å². The highest BCUT2D eigenvalue weighted by molar-refractivity contribution is 6.73. The van der Waals surface area contributed by atoms with Crippen LogP contribution in [0.3, 0.4) is 0 Å². The predicted octanol–water partition coefficient (Wildman–Crippen LogP) is 8.26. The van der Waals surface area contributed by atoms with Crippen molar-refractivity contribution in [2.45, 2.75) is 128 Å². The largest absolute Gasteiger partial charge is 0.426 e. The van der Waals surface area contributed by atoms with Crippen LogP contribution in [0.5, 0.6) is 0 Å². The molecule has 1 N–H and O–H groups in total. The quantitative estimate of drug-likeness (QED) is 0.240. The second-order valence-corrected chi connectivity index (χ2v) is 15.5. The fourth-order valence-corrected chi connectivity index (χ4v) is 9.81. The Labute approximate surface area is 196 Å². The first-order valence-electron chi connectivity index (χ1n) is 12.6. The highest BCUT2D eigenvalue weighted by atomic mass is 28.4. The molecule has 2 saturated carbocycles. The molecule has 0 aromatic carbocycles. The molecule has 2 fully saturated rings. The second-order valence-electron chi connectivity index (χ2n) is 10.8. The molecular formula is C24H42F6O2Si. The van der Waals surface area contributed by atoms with Crippen molar-refractivity contribution in [3.05, 3.63) is 0 Å². The number of hydrogen-bond acceptors (Lipinski definition) is 2. The molecule has 0 spiro atoms. The zero-order chi connectivity index (χ0) is 25.3. The highest BCUT2D eigenvalue weighted by Gasteiger charge is 2.69. The van der Waals surface area contributed by atoms with Crippen molar-refractivity contribution < 1.29 is 35.9 Å². The van der Waals surface area contributed by atoms with Crippen molar-refractivity contribution in [3.8, 4) is 0 Å². The van der Waals surface area contributed by atoms with Crippen LogP contribution in [0.4, 0.5) is 26.3 Å². The Morgan fingerprint density at radius 3 is 2.00 bits per heavy atom. The number of aliphatic hydroxyl groups is 1. The minimum atomic E-state index is -5.74. The number of alkyl halides is 6. The Bertz CT molecular complexity index is 611. The van der Waals surface area contributed by atoms with Crippen LogP contribution in [-0.4, -0.2) is 37.5 Å². The van der Waals surface area contributed by atoms with Crippen molar-refractivity contribution >= 4 is 8.32 Å². The molecule has 0 aromatic heterocycles. The second kappa shape index (κ2) is 10.4. The lowest BCUT2D eigenvalue weighted by atomic mass is 9.61. The summed E-state index contributed by atoms with van der Waals surface area (Å²) < 4.78 is 84.9. The minimum absolute atomic E-state index is 0.00204. The summed E-state index contributed by atoms with van der Waals surface area (Å²) in [5.74, 6) is 0.646. The Morgan fingerprint density at radius 2 is 1.52 bits per heavy atom. The van der Waals surface area contributed by atoms with Crippen LogP contribution in [0.1, 0.15) is 86.0 Å². The van der Waals surface area contributed by atoms with Crippen LogP contribution in [0.25, 0.3) is 0 Å². The average Bonchev–Trinajstić information content (AvgIpc) is 3.08. The van der Waals surface area contributed by atoms with Gasteiger partial charge in [-0.05, 0) is 79.8 Å².